The van der Waals surface area contributed by atoms with E-state index in [1.807, 2.05) is 0 Å². The van der Waals surface area contributed by atoms with Gasteiger partial charge < -0.3 is 10.0 Å². The van der Waals surface area contributed by atoms with Crippen LogP contribution in [-0.4, -0.2) is 40.6 Å². The maximum absolute atomic E-state index is 13.8. The standard InChI is InChI=1S/C12H10ClF2NO3/c13-7-1-2-8(9(14)5-7)10(17)16-4-3-12(15,6-16)11(18)19/h1-2,5H,3-4,6H2,(H,18,19). The summed E-state index contributed by atoms with van der Waals surface area (Å²) in [6.07, 6.45) is -0.302. The normalized spacial score (nSPS) is 22.6. The lowest BCUT2D eigenvalue weighted by atomic mass is 10.1. The Bertz CT molecular complexity index is 552. The molecule has 1 fully saturated rings. The molecular formula is C12H10ClF2NO3. The van der Waals surface area contributed by atoms with Crippen molar-refractivity contribution in [3.8, 4) is 0 Å². The third-order valence-electron chi connectivity index (χ3n) is 3.05. The van der Waals surface area contributed by atoms with Crippen molar-refractivity contribution in [2.24, 2.45) is 0 Å². The zero-order valence-corrected chi connectivity index (χ0v) is 10.5. The third kappa shape index (κ3) is 2.53. The van der Waals surface area contributed by atoms with Crippen LogP contribution in [0.4, 0.5) is 8.78 Å². The van der Waals surface area contributed by atoms with Gasteiger partial charge in [-0.15, -0.1) is 0 Å². The van der Waals surface area contributed by atoms with E-state index in [4.69, 9.17) is 16.7 Å². The van der Waals surface area contributed by atoms with Crippen LogP contribution in [0.5, 0.6) is 0 Å². The molecule has 1 unspecified atom stereocenters. The molecule has 19 heavy (non-hydrogen) atoms. The number of carbonyl (C=O) groups excluding carboxylic acids is 1. The Morgan fingerprint density at radius 3 is 2.63 bits per heavy atom. The van der Waals surface area contributed by atoms with Gasteiger partial charge in [-0.05, 0) is 18.2 Å². The molecule has 7 heteroatoms. The quantitative estimate of drug-likeness (QED) is 0.907. The van der Waals surface area contributed by atoms with Crippen LogP contribution < -0.4 is 0 Å². The van der Waals surface area contributed by atoms with Crippen LogP contribution in [0, 0.1) is 5.82 Å². The van der Waals surface area contributed by atoms with Crippen LogP contribution in [0.25, 0.3) is 0 Å². The average Bonchev–Trinajstić information content (AvgIpc) is 2.73. The van der Waals surface area contributed by atoms with Gasteiger partial charge >= 0.3 is 5.97 Å². The monoisotopic (exact) mass is 289 g/mol. The zero-order chi connectivity index (χ0) is 14.2. The molecule has 0 spiro atoms. The van der Waals surface area contributed by atoms with E-state index in [2.05, 4.69) is 0 Å². The van der Waals surface area contributed by atoms with Crippen LogP contribution >= 0.6 is 11.6 Å². The zero-order valence-electron chi connectivity index (χ0n) is 9.70. The van der Waals surface area contributed by atoms with Crippen molar-refractivity contribution in [2.75, 3.05) is 13.1 Å². The Balaban J connectivity index is 2.20. The number of amides is 1. The number of carboxylic acid groups (broad SMARTS) is 1. The fourth-order valence-corrected chi connectivity index (χ4v) is 2.11. The molecule has 1 saturated heterocycles. The predicted molar refractivity (Wildman–Crippen MR) is 63.4 cm³/mol. The number of halogens is 3. The third-order valence-corrected chi connectivity index (χ3v) is 3.29. The van der Waals surface area contributed by atoms with Crippen LogP contribution in [0.2, 0.25) is 5.02 Å². The first-order valence-electron chi connectivity index (χ1n) is 5.50. The number of rotatable bonds is 2. The first-order valence-corrected chi connectivity index (χ1v) is 5.88. The summed E-state index contributed by atoms with van der Waals surface area (Å²) < 4.78 is 27.4. The lowest BCUT2D eigenvalue weighted by Crippen LogP contribution is -2.39. The molecule has 102 valence electrons. The number of aliphatic carboxylic acids is 1. The average molecular weight is 290 g/mol. The van der Waals surface area contributed by atoms with Crippen molar-refractivity contribution in [3.63, 3.8) is 0 Å². The summed E-state index contributed by atoms with van der Waals surface area (Å²) in [5.74, 6) is -3.17. The van der Waals surface area contributed by atoms with Gasteiger partial charge in [-0.25, -0.2) is 13.6 Å². The molecule has 1 amide bonds. The Morgan fingerprint density at radius 1 is 1.42 bits per heavy atom. The minimum absolute atomic E-state index is 0.0658. The molecule has 1 aliphatic rings. The fourth-order valence-electron chi connectivity index (χ4n) is 1.95. The molecule has 0 aliphatic carbocycles. The largest absolute Gasteiger partial charge is 0.479 e. The van der Waals surface area contributed by atoms with Gasteiger partial charge in [0.1, 0.15) is 5.82 Å². The number of benzene rings is 1. The number of carboxylic acids is 1. The molecule has 0 bridgehead atoms. The van der Waals surface area contributed by atoms with Gasteiger partial charge in [0.25, 0.3) is 5.91 Å². The summed E-state index contributed by atoms with van der Waals surface area (Å²) in [5, 5.41) is 8.87. The van der Waals surface area contributed by atoms with E-state index in [1.54, 1.807) is 0 Å². The van der Waals surface area contributed by atoms with Crippen molar-refractivity contribution in [1.82, 2.24) is 4.90 Å². The molecule has 1 N–H and O–H groups in total. The maximum atomic E-state index is 13.8. The van der Waals surface area contributed by atoms with Crippen molar-refractivity contribution in [2.45, 2.75) is 12.1 Å². The molecular weight excluding hydrogens is 280 g/mol. The molecule has 1 aromatic rings. The summed E-state index contributed by atoms with van der Waals surface area (Å²) in [6.45, 7) is -0.646. The molecule has 1 aliphatic heterocycles. The molecule has 0 aromatic heterocycles. The molecule has 0 saturated carbocycles. The second kappa shape index (κ2) is 4.77. The Hall–Kier alpha value is -1.69. The second-order valence-electron chi connectivity index (χ2n) is 4.37. The topological polar surface area (TPSA) is 57.6 Å². The number of hydrogen-bond donors (Lipinski definition) is 1. The van der Waals surface area contributed by atoms with Gasteiger partial charge in [0, 0.05) is 18.0 Å². The Labute approximate surface area is 112 Å². The highest BCUT2D eigenvalue weighted by Gasteiger charge is 2.47. The first-order chi connectivity index (χ1) is 8.83. The van der Waals surface area contributed by atoms with Crippen molar-refractivity contribution >= 4 is 23.5 Å². The molecule has 1 aromatic carbocycles. The van der Waals surface area contributed by atoms with Gasteiger partial charge in [-0.3, -0.25) is 4.79 Å². The summed E-state index contributed by atoms with van der Waals surface area (Å²) in [4.78, 5) is 23.7. The van der Waals surface area contributed by atoms with E-state index >= 15 is 0 Å². The molecule has 1 atom stereocenters. The number of carbonyl (C=O) groups is 2. The maximum Gasteiger partial charge on any atom is 0.343 e. The van der Waals surface area contributed by atoms with E-state index in [-0.39, 0.29) is 23.6 Å². The van der Waals surface area contributed by atoms with Gasteiger partial charge in [0.15, 0.2) is 0 Å². The minimum Gasteiger partial charge on any atom is -0.479 e. The number of hydrogen-bond acceptors (Lipinski definition) is 2. The Kier molecular flexibility index (Phi) is 3.45. The summed E-state index contributed by atoms with van der Waals surface area (Å²) in [7, 11) is 0. The molecule has 4 nitrogen and oxygen atoms in total. The van der Waals surface area contributed by atoms with E-state index < -0.39 is 29.9 Å². The summed E-state index contributed by atoms with van der Waals surface area (Å²) in [5.41, 5.74) is -2.71. The smallest absolute Gasteiger partial charge is 0.343 e. The van der Waals surface area contributed by atoms with Crippen molar-refractivity contribution < 1.29 is 23.5 Å². The minimum atomic E-state index is -2.46. The van der Waals surface area contributed by atoms with Crippen LogP contribution in [0.15, 0.2) is 18.2 Å². The molecule has 1 heterocycles. The highest BCUT2D eigenvalue weighted by atomic mass is 35.5. The van der Waals surface area contributed by atoms with E-state index in [0.29, 0.717) is 0 Å². The molecule has 0 radical (unpaired) electrons. The fraction of sp³-hybridized carbons (Fsp3) is 0.333. The molecule has 2 rings (SSSR count). The van der Waals surface area contributed by atoms with Gasteiger partial charge in [0.05, 0.1) is 12.1 Å². The lowest BCUT2D eigenvalue weighted by Gasteiger charge is -2.18. The van der Waals surface area contributed by atoms with Gasteiger partial charge in [0.2, 0.25) is 5.67 Å². The van der Waals surface area contributed by atoms with Gasteiger partial charge in [-0.2, -0.15) is 0 Å². The predicted octanol–water partition coefficient (Wildman–Crippen LogP) is 2.12. The van der Waals surface area contributed by atoms with Crippen molar-refractivity contribution in [3.05, 3.63) is 34.6 Å². The highest BCUT2D eigenvalue weighted by Crippen LogP contribution is 2.28. The summed E-state index contributed by atoms with van der Waals surface area (Å²) in [6, 6.07) is 3.51. The first kappa shape index (κ1) is 13.7. The van der Waals surface area contributed by atoms with E-state index in [1.165, 1.54) is 12.1 Å². The highest BCUT2D eigenvalue weighted by molar-refractivity contribution is 6.30. The van der Waals surface area contributed by atoms with Crippen molar-refractivity contribution in [1.29, 1.82) is 0 Å². The number of likely N-dealkylation sites (tertiary alicyclic amines) is 1. The summed E-state index contributed by atoms with van der Waals surface area (Å²) >= 11 is 5.57. The van der Waals surface area contributed by atoms with Crippen LogP contribution in [0.1, 0.15) is 16.8 Å². The second-order valence-corrected chi connectivity index (χ2v) is 4.81. The number of nitrogens with zero attached hydrogens (tertiary/aromatic N) is 1. The van der Waals surface area contributed by atoms with E-state index in [9.17, 15) is 18.4 Å². The van der Waals surface area contributed by atoms with Crippen LogP contribution in [-0.2, 0) is 4.79 Å². The Morgan fingerprint density at radius 2 is 2.11 bits per heavy atom. The van der Waals surface area contributed by atoms with E-state index in [0.717, 1.165) is 11.0 Å². The van der Waals surface area contributed by atoms with Crippen LogP contribution in [0.3, 0.4) is 0 Å². The SMILES string of the molecule is O=C(c1ccc(Cl)cc1F)N1CCC(F)(C(=O)O)C1. The lowest BCUT2D eigenvalue weighted by molar-refractivity contribution is -0.149. The van der Waals surface area contributed by atoms with Gasteiger partial charge in [-0.1, -0.05) is 11.6 Å². The number of alkyl halides is 1.